The van der Waals surface area contributed by atoms with Crippen molar-refractivity contribution >= 4 is 16.2 Å². The third-order valence-corrected chi connectivity index (χ3v) is 5.85. The van der Waals surface area contributed by atoms with Crippen molar-refractivity contribution in [3.05, 3.63) is 0 Å². The van der Waals surface area contributed by atoms with Gasteiger partial charge in [0.2, 0.25) is 0 Å². The zero-order chi connectivity index (χ0) is 14.0. The fraction of sp³-hybridized carbons (Fsp3) is 0.909. The van der Waals surface area contributed by atoms with Gasteiger partial charge in [0.15, 0.2) is 0 Å². The van der Waals surface area contributed by atoms with Crippen molar-refractivity contribution in [2.45, 2.75) is 12.8 Å². The lowest BCUT2D eigenvalue weighted by Gasteiger charge is -2.37. The van der Waals surface area contributed by atoms with Crippen LogP contribution in [0.2, 0.25) is 0 Å². The third kappa shape index (κ3) is 3.25. The minimum Gasteiger partial charge on any atom is -0.481 e. The fourth-order valence-corrected chi connectivity index (χ4v) is 4.22. The van der Waals surface area contributed by atoms with Crippen LogP contribution < -0.4 is 0 Å². The molecular formula is C11H21N3O4S. The number of piperazine rings is 1. The molecule has 7 nitrogen and oxygen atoms in total. The molecule has 0 spiro atoms. The second kappa shape index (κ2) is 5.74. The average molecular weight is 291 g/mol. The van der Waals surface area contributed by atoms with Crippen LogP contribution in [0.5, 0.6) is 0 Å². The molecule has 0 aromatic heterocycles. The summed E-state index contributed by atoms with van der Waals surface area (Å²) in [7, 11) is -1.53. The third-order valence-electron chi connectivity index (χ3n) is 3.85. The second-order valence-corrected chi connectivity index (χ2v) is 7.17. The molecule has 0 bridgehead atoms. The van der Waals surface area contributed by atoms with Gasteiger partial charge in [0, 0.05) is 39.3 Å². The molecule has 2 fully saturated rings. The van der Waals surface area contributed by atoms with Crippen LogP contribution in [0.25, 0.3) is 0 Å². The Hall–Kier alpha value is -0.700. The van der Waals surface area contributed by atoms with Gasteiger partial charge in [-0.25, -0.2) is 0 Å². The minimum absolute atomic E-state index is 0.101. The molecule has 2 rings (SSSR count). The molecule has 1 N–H and O–H groups in total. The van der Waals surface area contributed by atoms with Crippen LogP contribution in [0.1, 0.15) is 12.8 Å². The van der Waals surface area contributed by atoms with Gasteiger partial charge in [-0.05, 0) is 19.9 Å². The molecule has 1 atom stereocenters. The molecule has 0 amide bonds. The number of likely N-dealkylation sites (N-methyl/N-ethyl adjacent to an activating group) is 1. The first-order valence-electron chi connectivity index (χ1n) is 6.58. The number of nitrogens with zero attached hydrogens (tertiary/aromatic N) is 3. The van der Waals surface area contributed by atoms with E-state index in [0.29, 0.717) is 32.5 Å². The highest BCUT2D eigenvalue weighted by Gasteiger charge is 2.36. The van der Waals surface area contributed by atoms with Crippen LogP contribution in [-0.4, -0.2) is 79.3 Å². The SMILES string of the molecule is CN1CCN(S(=O)(=O)N2CCCC(C(=O)O)C2)CC1. The van der Waals surface area contributed by atoms with Crippen LogP contribution in [0.4, 0.5) is 0 Å². The lowest BCUT2D eigenvalue weighted by Crippen LogP contribution is -2.54. The number of carboxylic acids is 1. The Morgan fingerprint density at radius 2 is 1.74 bits per heavy atom. The van der Waals surface area contributed by atoms with E-state index in [4.69, 9.17) is 5.11 Å². The molecule has 19 heavy (non-hydrogen) atoms. The van der Waals surface area contributed by atoms with Crippen molar-refractivity contribution in [3.63, 3.8) is 0 Å². The molecule has 0 aliphatic carbocycles. The number of rotatable bonds is 3. The van der Waals surface area contributed by atoms with Crippen LogP contribution in [0.15, 0.2) is 0 Å². The summed E-state index contributed by atoms with van der Waals surface area (Å²) in [6.07, 6.45) is 1.17. The molecule has 2 aliphatic heterocycles. The molecule has 1 unspecified atom stereocenters. The number of hydrogen-bond acceptors (Lipinski definition) is 4. The van der Waals surface area contributed by atoms with E-state index in [9.17, 15) is 13.2 Å². The minimum atomic E-state index is -3.50. The van der Waals surface area contributed by atoms with Crippen molar-refractivity contribution in [2.24, 2.45) is 5.92 Å². The van der Waals surface area contributed by atoms with E-state index in [1.165, 1.54) is 8.61 Å². The Balaban J connectivity index is 2.04. The maximum absolute atomic E-state index is 12.5. The van der Waals surface area contributed by atoms with Gasteiger partial charge in [0.1, 0.15) is 0 Å². The smallest absolute Gasteiger partial charge is 0.307 e. The molecule has 0 aromatic rings. The monoisotopic (exact) mass is 291 g/mol. The van der Waals surface area contributed by atoms with E-state index < -0.39 is 22.1 Å². The number of aliphatic carboxylic acids is 1. The zero-order valence-corrected chi connectivity index (χ0v) is 12.0. The summed E-state index contributed by atoms with van der Waals surface area (Å²) in [5.41, 5.74) is 0. The Morgan fingerprint density at radius 1 is 1.11 bits per heavy atom. The first-order chi connectivity index (χ1) is 8.91. The maximum atomic E-state index is 12.5. The highest BCUT2D eigenvalue weighted by molar-refractivity contribution is 7.86. The Labute approximate surface area is 114 Å². The molecule has 2 aliphatic rings. The molecule has 8 heteroatoms. The van der Waals surface area contributed by atoms with Gasteiger partial charge in [-0.15, -0.1) is 0 Å². The standard InChI is InChI=1S/C11H21N3O4S/c1-12-5-7-13(8-6-12)19(17,18)14-4-2-3-10(9-14)11(15)16/h10H,2-9H2,1H3,(H,15,16). The summed E-state index contributed by atoms with van der Waals surface area (Å²) in [5, 5.41) is 9.03. The normalized spacial score (nSPS) is 28.4. The van der Waals surface area contributed by atoms with Crippen molar-refractivity contribution in [3.8, 4) is 0 Å². The number of hydrogen-bond donors (Lipinski definition) is 1. The largest absolute Gasteiger partial charge is 0.481 e. The van der Waals surface area contributed by atoms with E-state index in [0.717, 1.165) is 13.1 Å². The summed E-state index contributed by atoms with van der Waals surface area (Å²) >= 11 is 0. The van der Waals surface area contributed by atoms with Crippen LogP contribution in [0.3, 0.4) is 0 Å². The van der Waals surface area contributed by atoms with E-state index in [2.05, 4.69) is 4.90 Å². The number of piperidine rings is 1. The zero-order valence-electron chi connectivity index (χ0n) is 11.2. The quantitative estimate of drug-likeness (QED) is 0.742. The Kier molecular flexibility index (Phi) is 4.44. The van der Waals surface area contributed by atoms with Crippen molar-refractivity contribution in [2.75, 3.05) is 46.3 Å². The van der Waals surface area contributed by atoms with Gasteiger partial charge in [-0.2, -0.15) is 17.0 Å². The number of carbonyl (C=O) groups is 1. The lowest BCUT2D eigenvalue weighted by molar-refractivity contribution is -0.142. The van der Waals surface area contributed by atoms with Gasteiger partial charge >= 0.3 is 5.97 Å². The molecule has 2 saturated heterocycles. The molecular weight excluding hydrogens is 270 g/mol. The van der Waals surface area contributed by atoms with Gasteiger partial charge in [-0.3, -0.25) is 4.79 Å². The van der Waals surface area contributed by atoms with Gasteiger partial charge in [0.25, 0.3) is 10.2 Å². The first kappa shape index (κ1) is 14.7. The van der Waals surface area contributed by atoms with Gasteiger partial charge in [-0.1, -0.05) is 0 Å². The highest BCUT2D eigenvalue weighted by atomic mass is 32.2. The summed E-state index contributed by atoms with van der Waals surface area (Å²) < 4.78 is 27.7. The van der Waals surface area contributed by atoms with Gasteiger partial charge < -0.3 is 10.0 Å². The van der Waals surface area contributed by atoms with Crippen LogP contribution in [0, 0.1) is 5.92 Å². The van der Waals surface area contributed by atoms with Crippen LogP contribution >= 0.6 is 0 Å². The summed E-state index contributed by atoms with van der Waals surface area (Å²) in [6.45, 7) is 2.92. The molecule has 110 valence electrons. The Morgan fingerprint density at radius 3 is 2.32 bits per heavy atom. The highest BCUT2D eigenvalue weighted by Crippen LogP contribution is 2.21. The van der Waals surface area contributed by atoms with E-state index in [1.807, 2.05) is 7.05 Å². The predicted molar refractivity (Wildman–Crippen MR) is 69.9 cm³/mol. The van der Waals surface area contributed by atoms with Crippen molar-refractivity contribution in [1.82, 2.24) is 13.5 Å². The maximum Gasteiger partial charge on any atom is 0.307 e. The van der Waals surface area contributed by atoms with E-state index >= 15 is 0 Å². The summed E-state index contributed by atoms with van der Waals surface area (Å²) in [6, 6.07) is 0. The molecule has 2 heterocycles. The van der Waals surface area contributed by atoms with Crippen molar-refractivity contribution in [1.29, 1.82) is 0 Å². The topological polar surface area (TPSA) is 81.2 Å². The number of carboxylic acid groups (broad SMARTS) is 1. The summed E-state index contributed by atoms with van der Waals surface area (Å²) in [4.78, 5) is 13.1. The predicted octanol–water partition coefficient (Wildman–Crippen LogP) is -0.725. The molecule has 0 radical (unpaired) electrons. The van der Waals surface area contributed by atoms with Crippen molar-refractivity contribution < 1.29 is 18.3 Å². The second-order valence-electron chi connectivity index (χ2n) is 5.25. The molecule has 0 aromatic carbocycles. The average Bonchev–Trinajstić information content (AvgIpc) is 2.39. The van der Waals surface area contributed by atoms with E-state index in [-0.39, 0.29) is 6.54 Å². The van der Waals surface area contributed by atoms with Crippen LogP contribution in [-0.2, 0) is 15.0 Å². The van der Waals surface area contributed by atoms with Gasteiger partial charge in [0.05, 0.1) is 5.92 Å². The first-order valence-corrected chi connectivity index (χ1v) is 7.97. The lowest BCUT2D eigenvalue weighted by atomic mass is 10.0. The summed E-state index contributed by atoms with van der Waals surface area (Å²) in [5.74, 6) is -1.48. The van der Waals surface area contributed by atoms with E-state index in [1.54, 1.807) is 0 Å². The Bertz CT molecular complexity index is 431. The molecule has 0 saturated carbocycles. The fourth-order valence-electron chi connectivity index (χ4n) is 2.54.